The van der Waals surface area contributed by atoms with Crippen molar-refractivity contribution >= 4 is 5.91 Å². The summed E-state index contributed by atoms with van der Waals surface area (Å²) in [7, 11) is 0. The number of hydrogen-bond donors (Lipinski definition) is 2. The second kappa shape index (κ2) is 5.94. The van der Waals surface area contributed by atoms with E-state index < -0.39 is 0 Å². The largest absolute Gasteiger partial charge is 0.316 e. The molecule has 0 rings (SSSR count). The monoisotopic (exact) mass is 188 g/mol. The molecule has 0 atom stereocenters. The third-order valence-electron chi connectivity index (χ3n) is 1.25. The van der Waals surface area contributed by atoms with E-state index in [-0.39, 0.29) is 11.5 Å². The molecule has 0 saturated heterocycles. The van der Waals surface area contributed by atoms with Crippen molar-refractivity contribution in [2.75, 3.05) is 13.1 Å². The van der Waals surface area contributed by atoms with Crippen LogP contribution in [0, 0.1) is 0 Å². The highest BCUT2D eigenvalue weighted by atomic mass is 16.7. The third-order valence-corrected chi connectivity index (χ3v) is 1.25. The molecule has 78 valence electrons. The number of carbonyl (C=O) groups is 1. The first-order chi connectivity index (χ1) is 5.95. The fraction of sp³-hybridized carbons (Fsp3) is 0.889. The van der Waals surface area contributed by atoms with Crippen LogP contribution < -0.4 is 10.8 Å². The lowest BCUT2D eigenvalue weighted by molar-refractivity contribution is -0.145. The number of hydrogen-bond acceptors (Lipinski definition) is 3. The van der Waals surface area contributed by atoms with Gasteiger partial charge in [0, 0.05) is 13.0 Å². The molecular weight excluding hydrogens is 168 g/mol. The Bertz CT molecular complexity index is 152. The summed E-state index contributed by atoms with van der Waals surface area (Å²) in [5.41, 5.74) is 2.08. The van der Waals surface area contributed by atoms with E-state index in [1.807, 2.05) is 27.7 Å². The molecule has 0 saturated carbocycles. The van der Waals surface area contributed by atoms with E-state index in [1.165, 1.54) is 0 Å². The van der Waals surface area contributed by atoms with Crippen LogP contribution in [0.15, 0.2) is 0 Å². The Labute approximate surface area is 80.0 Å². The average molecular weight is 188 g/mol. The predicted octanol–water partition coefficient (Wildman–Crippen LogP) is 0.832. The minimum atomic E-state index is -0.326. The van der Waals surface area contributed by atoms with Gasteiger partial charge in [0.1, 0.15) is 0 Å². The number of amides is 1. The van der Waals surface area contributed by atoms with E-state index in [1.54, 1.807) is 0 Å². The maximum absolute atomic E-state index is 11.1. The van der Waals surface area contributed by atoms with E-state index in [2.05, 4.69) is 10.8 Å². The summed E-state index contributed by atoms with van der Waals surface area (Å²) in [6, 6.07) is 0. The number of carbonyl (C=O) groups excluding carboxylic acids is 1. The summed E-state index contributed by atoms with van der Waals surface area (Å²) in [5, 5.41) is 3.06. The number of rotatable bonds is 5. The van der Waals surface area contributed by atoms with Crippen molar-refractivity contribution in [2.24, 2.45) is 0 Å². The SMILES string of the molecule is CCNCCC(=O)NOC(C)(C)C. The summed E-state index contributed by atoms with van der Waals surface area (Å²) >= 11 is 0. The summed E-state index contributed by atoms with van der Waals surface area (Å²) in [4.78, 5) is 16.2. The van der Waals surface area contributed by atoms with Crippen molar-refractivity contribution in [1.82, 2.24) is 10.8 Å². The normalized spacial score (nSPS) is 11.4. The Balaban J connectivity index is 3.41. The van der Waals surface area contributed by atoms with E-state index in [0.717, 1.165) is 6.54 Å². The first kappa shape index (κ1) is 12.4. The molecule has 0 bridgehead atoms. The Morgan fingerprint density at radius 3 is 2.46 bits per heavy atom. The van der Waals surface area contributed by atoms with Gasteiger partial charge in [-0.3, -0.25) is 9.63 Å². The van der Waals surface area contributed by atoms with Gasteiger partial charge in [-0.05, 0) is 27.3 Å². The molecule has 4 nitrogen and oxygen atoms in total. The zero-order chi connectivity index (χ0) is 10.3. The molecule has 0 aliphatic heterocycles. The zero-order valence-electron chi connectivity index (χ0n) is 8.94. The highest BCUT2D eigenvalue weighted by Gasteiger charge is 2.12. The standard InChI is InChI=1S/C9H20N2O2/c1-5-10-7-6-8(12)11-13-9(2,3)4/h10H,5-7H2,1-4H3,(H,11,12). The van der Waals surface area contributed by atoms with Gasteiger partial charge in [0.25, 0.3) is 0 Å². The summed E-state index contributed by atoms with van der Waals surface area (Å²) in [6.07, 6.45) is 0.448. The Morgan fingerprint density at radius 1 is 1.38 bits per heavy atom. The lowest BCUT2D eigenvalue weighted by Gasteiger charge is -2.18. The van der Waals surface area contributed by atoms with Crippen LogP contribution >= 0.6 is 0 Å². The van der Waals surface area contributed by atoms with Crippen LogP contribution in [0.3, 0.4) is 0 Å². The summed E-state index contributed by atoms with van der Waals surface area (Å²) in [5.74, 6) is -0.0872. The van der Waals surface area contributed by atoms with Gasteiger partial charge in [-0.15, -0.1) is 0 Å². The summed E-state index contributed by atoms with van der Waals surface area (Å²) < 4.78 is 0. The van der Waals surface area contributed by atoms with Gasteiger partial charge in [0.05, 0.1) is 5.60 Å². The van der Waals surface area contributed by atoms with Crippen LogP contribution in [-0.4, -0.2) is 24.6 Å². The van der Waals surface area contributed by atoms with Crippen LogP contribution in [0.2, 0.25) is 0 Å². The van der Waals surface area contributed by atoms with Gasteiger partial charge >= 0.3 is 0 Å². The number of nitrogens with one attached hydrogen (secondary N) is 2. The second-order valence-electron chi connectivity index (χ2n) is 3.84. The first-order valence-corrected chi connectivity index (χ1v) is 4.63. The van der Waals surface area contributed by atoms with Crippen molar-refractivity contribution in [3.05, 3.63) is 0 Å². The Morgan fingerprint density at radius 2 is 2.00 bits per heavy atom. The molecule has 0 fully saturated rings. The second-order valence-corrected chi connectivity index (χ2v) is 3.84. The topological polar surface area (TPSA) is 50.4 Å². The molecule has 0 aromatic heterocycles. The Hall–Kier alpha value is -0.610. The molecule has 2 N–H and O–H groups in total. The van der Waals surface area contributed by atoms with E-state index in [9.17, 15) is 4.79 Å². The molecule has 1 amide bonds. The van der Waals surface area contributed by atoms with Gasteiger partial charge in [-0.25, -0.2) is 5.48 Å². The van der Waals surface area contributed by atoms with Gasteiger partial charge in [0.2, 0.25) is 5.91 Å². The molecule has 0 spiro atoms. The molecule has 0 aromatic rings. The molecule has 0 unspecified atom stereocenters. The highest BCUT2D eigenvalue weighted by Crippen LogP contribution is 2.03. The maximum Gasteiger partial charge on any atom is 0.244 e. The third kappa shape index (κ3) is 9.30. The molecule has 0 aliphatic rings. The van der Waals surface area contributed by atoms with Gasteiger partial charge in [-0.2, -0.15) is 0 Å². The minimum Gasteiger partial charge on any atom is -0.316 e. The van der Waals surface area contributed by atoms with Crippen molar-refractivity contribution in [3.63, 3.8) is 0 Å². The van der Waals surface area contributed by atoms with Gasteiger partial charge in [-0.1, -0.05) is 6.92 Å². The lowest BCUT2D eigenvalue weighted by atomic mass is 10.2. The smallest absolute Gasteiger partial charge is 0.244 e. The van der Waals surface area contributed by atoms with Gasteiger partial charge in [0.15, 0.2) is 0 Å². The van der Waals surface area contributed by atoms with Crippen molar-refractivity contribution in [3.8, 4) is 0 Å². The molecule has 0 aliphatic carbocycles. The van der Waals surface area contributed by atoms with Crippen molar-refractivity contribution in [2.45, 2.75) is 39.7 Å². The fourth-order valence-corrected chi connectivity index (χ4v) is 0.640. The highest BCUT2D eigenvalue weighted by molar-refractivity contribution is 5.74. The van der Waals surface area contributed by atoms with Crippen LogP contribution in [-0.2, 0) is 9.63 Å². The zero-order valence-corrected chi connectivity index (χ0v) is 8.94. The molecule has 0 heterocycles. The molecule has 4 heteroatoms. The maximum atomic E-state index is 11.1. The Kier molecular flexibility index (Phi) is 5.66. The summed E-state index contributed by atoms with van der Waals surface area (Å²) in [6.45, 7) is 9.24. The van der Waals surface area contributed by atoms with E-state index >= 15 is 0 Å². The minimum absolute atomic E-state index is 0.0872. The lowest BCUT2D eigenvalue weighted by Crippen LogP contribution is -2.34. The van der Waals surface area contributed by atoms with E-state index in [4.69, 9.17) is 4.84 Å². The van der Waals surface area contributed by atoms with Crippen LogP contribution in [0.25, 0.3) is 0 Å². The molecular formula is C9H20N2O2. The van der Waals surface area contributed by atoms with Crippen molar-refractivity contribution in [1.29, 1.82) is 0 Å². The predicted molar refractivity (Wildman–Crippen MR) is 52.1 cm³/mol. The molecule has 0 radical (unpaired) electrons. The number of hydroxylamine groups is 1. The average Bonchev–Trinajstić information content (AvgIpc) is 2.00. The van der Waals surface area contributed by atoms with Crippen LogP contribution in [0.1, 0.15) is 34.1 Å². The first-order valence-electron chi connectivity index (χ1n) is 4.63. The van der Waals surface area contributed by atoms with E-state index in [0.29, 0.717) is 13.0 Å². The molecule has 0 aromatic carbocycles. The fourth-order valence-electron chi connectivity index (χ4n) is 0.640. The van der Waals surface area contributed by atoms with Crippen molar-refractivity contribution < 1.29 is 9.63 Å². The van der Waals surface area contributed by atoms with Crippen LogP contribution in [0.4, 0.5) is 0 Å². The van der Waals surface area contributed by atoms with Crippen LogP contribution in [0.5, 0.6) is 0 Å². The molecule has 13 heavy (non-hydrogen) atoms. The quantitative estimate of drug-likeness (QED) is 0.496. The van der Waals surface area contributed by atoms with Gasteiger partial charge < -0.3 is 5.32 Å².